The second kappa shape index (κ2) is 19.6. The molecule has 2 N–H and O–H groups in total. The lowest BCUT2D eigenvalue weighted by Gasteiger charge is -2.34. The van der Waals surface area contributed by atoms with Crippen LogP contribution in [0.3, 0.4) is 0 Å². The molecule has 3 amide bonds. The molecule has 3 aromatic carbocycles. The zero-order valence-electron chi connectivity index (χ0n) is 36.4. The molecule has 8 nitrogen and oxygen atoms in total. The molecule has 0 bridgehead atoms. The molecular formula is C49H71N3O5. The van der Waals surface area contributed by atoms with Gasteiger partial charge in [0.2, 0.25) is 17.7 Å². The lowest BCUT2D eigenvalue weighted by Crippen LogP contribution is -2.41. The Morgan fingerprint density at radius 1 is 0.491 bits per heavy atom. The quantitative estimate of drug-likeness (QED) is 0.225. The molecule has 3 aliphatic heterocycles. The number of hydrogen-bond acceptors (Lipinski definition) is 5. The molecule has 3 aliphatic rings. The third-order valence-electron chi connectivity index (χ3n) is 13.0. The van der Waals surface area contributed by atoms with Crippen molar-refractivity contribution in [2.45, 2.75) is 138 Å². The van der Waals surface area contributed by atoms with Crippen molar-refractivity contribution in [2.75, 3.05) is 19.6 Å². The number of aliphatic hydroxyl groups is 2. The molecule has 0 saturated carbocycles. The van der Waals surface area contributed by atoms with E-state index in [2.05, 4.69) is 56.9 Å². The average molecular weight is 782 g/mol. The van der Waals surface area contributed by atoms with Crippen LogP contribution in [0.25, 0.3) is 0 Å². The fourth-order valence-electron chi connectivity index (χ4n) is 8.07. The van der Waals surface area contributed by atoms with Crippen molar-refractivity contribution in [3.05, 3.63) is 108 Å². The van der Waals surface area contributed by atoms with Crippen LogP contribution in [0.2, 0.25) is 0 Å². The number of amides is 3. The van der Waals surface area contributed by atoms with Crippen LogP contribution in [0.4, 0.5) is 0 Å². The first kappa shape index (κ1) is 45.7. The van der Waals surface area contributed by atoms with Gasteiger partial charge in [0.05, 0.1) is 30.3 Å². The zero-order valence-corrected chi connectivity index (χ0v) is 36.4. The molecule has 0 spiro atoms. The first-order valence-corrected chi connectivity index (χ1v) is 21.4. The molecule has 0 unspecified atom stereocenters. The van der Waals surface area contributed by atoms with E-state index in [4.69, 9.17) is 0 Å². The van der Waals surface area contributed by atoms with Crippen LogP contribution in [0.15, 0.2) is 91.0 Å². The van der Waals surface area contributed by atoms with Gasteiger partial charge >= 0.3 is 0 Å². The fourth-order valence-corrected chi connectivity index (χ4v) is 8.07. The summed E-state index contributed by atoms with van der Waals surface area (Å²) in [6.07, 6.45) is 4.00. The second-order valence-electron chi connectivity index (χ2n) is 18.3. The van der Waals surface area contributed by atoms with Gasteiger partial charge in [-0.3, -0.25) is 14.4 Å². The van der Waals surface area contributed by atoms with Crippen molar-refractivity contribution >= 4 is 17.7 Å². The molecule has 3 saturated heterocycles. The number of benzene rings is 3. The summed E-state index contributed by atoms with van der Waals surface area (Å²) in [6, 6.07) is 30.0. The van der Waals surface area contributed by atoms with E-state index in [-0.39, 0.29) is 46.2 Å². The molecule has 0 aromatic heterocycles. The Balaban J connectivity index is 0.000000189. The Labute approximate surface area is 343 Å². The summed E-state index contributed by atoms with van der Waals surface area (Å²) in [6.45, 7) is 22.6. The number of rotatable bonds is 9. The molecule has 0 aliphatic carbocycles. The number of carbonyl (C=O) groups excluding carboxylic acids is 3. The van der Waals surface area contributed by atoms with E-state index in [0.717, 1.165) is 43.4 Å². The van der Waals surface area contributed by atoms with Crippen LogP contribution < -0.4 is 0 Å². The summed E-state index contributed by atoms with van der Waals surface area (Å²) in [5.41, 5.74) is 2.33. The molecule has 57 heavy (non-hydrogen) atoms. The van der Waals surface area contributed by atoms with E-state index in [1.165, 1.54) is 5.56 Å². The SMILES string of the molecule is CCC(C)(C)C(=O)N1CC[C@@H](O)[C@H]1c1ccccc1.CCC(C)(C)C(=O)N1CC[C@H](C)[C@H]1c1ccccc1.CCC(C)(C)C(=O)N1CC[C@H](O)[C@H]1c1ccccc1. The predicted octanol–water partition coefficient (Wildman–Crippen LogP) is 9.55. The summed E-state index contributed by atoms with van der Waals surface area (Å²) >= 11 is 0. The van der Waals surface area contributed by atoms with Gasteiger partial charge < -0.3 is 24.9 Å². The maximum atomic E-state index is 12.8. The normalized spacial score (nSPS) is 23.7. The van der Waals surface area contributed by atoms with Gasteiger partial charge in [0, 0.05) is 35.9 Å². The van der Waals surface area contributed by atoms with Gasteiger partial charge in [0.15, 0.2) is 0 Å². The van der Waals surface area contributed by atoms with Crippen molar-refractivity contribution in [1.29, 1.82) is 0 Å². The standard InChI is InChI=1S/C17H25NO.2C16H23NO2/c1-5-17(3,4)16(19)18-12-11-13(2)15(18)14-9-7-6-8-10-14;2*1-4-16(2,3)15(19)17-11-10-13(18)14(17)12-8-6-5-7-9-12/h6-10,13,15H,5,11-12H2,1-4H3;2*5-9,13-14,18H,4,10-11H2,1-3H3/t13-,15-;13-,14+;13-,14-/m001/s1. The van der Waals surface area contributed by atoms with Crippen molar-refractivity contribution in [1.82, 2.24) is 14.7 Å². The highest BCUT2D eigenvalue weighted by Crippen LogP contribution is 2.41. The molecule has 6 rings (SSSR count). The van der Waals surface area contributed by atoms with Crippen molar-refractivity contribution < 1.29 is 24.6 Å². The van der Waals surface area contributed by atoms with Gasteiger partial charge in [-0.15, -0.1) is 0 Å². The minimum absolute atomic E-state index is 0.139. The summed E-state index contributed by atoms with van der Waals surface area (Å²) in [4.78, 5) is 43.8. The highest BCUT2D eigenvalue weighted by molar-refractivity contribution is 5.84. The fraction of sp³-hybridized carbons (Fsp3) is 0.571. The zero-order chi connectivity index (χ0) is 42.1. The Bertz CT molecular complexity index is 1520. The highest BCUT2D eigenvalue weighted by atomic mass is 16.3. The number of hydrogen-bond donors (Lipinski definition) is 2. The number of carbonyl (C=O) groups is 3. The van der Waals surface area contributed by atoms with Gasteiger partial charge in [-0.25, -0.2) is 0 Å². The maximum absolute atomic E-state index is 12.8. The van der Waals surface area contributed by atoms with Gasteiger partial charge in [-0.1, -0.05) is 160 Å². The summed E-state index contributed by atoms with van der Waals surface area (Å²) in [7, 11) is 0. The Hall–Kier alpha value is -4.01. The molecule has 3 heterocycles. The van der Waals surface area contributed by atoms with Gasteiger partial charge in [0.1, 0.15) is 0 Å². The minimum Gasteiger partial charge on any atom is -0.391 e. The number of likely N-dealkylation sites (tertiary alicyclic amines) is 3. The monoisotopic (exact) mass is 782 g/mol. The molecule has 6 atom stereocenters. The third kappa shape index (κ3) is 10.7. The molecule has 0 radical (unpaired) electrons. The average Bonchev–Trinajstić information content (AvgIpc) is 3.93. The van der Waals surface area contributed by atoms with Crippen LogP contribution >= 0.6 is 0 Å². The largest absolute Gasteiger partial charge is 0.391 e. The Morgan fingerprint density at radius 2 is 0.754 bits per heavy atom. The minimum atomic E-state index is -0.459. The summed E-state index contributed by atoms with van der Waals surface area (Å²) < 4.78 is 0. The van der Waals surface area contributed by atoms with Crippen molar-refractivity contribution in [3.8, 4) is 0 Å². The smallest absolute Gasteiger partial charge is 0.228 e. The lowest BCUT2D eigenvalue weighted by molar-refractivity contribution is -0.143. The van der Waals surface area contributed by atoms with Crippen LogP contribution in [-0.2, 0) is 14.4 Å². The first-order valence-electron chi connectivity index (χ1n) is 21.4. The highest BCUT2D eigenvalue weighted by Gasteiger charge is 2.43. The molecule has 3 fully saturated rings. The van der Waals surface area contributed by atoms with E-state index in [9.17, 15) is 24.6 Å². The van der Waals surface area contributed by atoms with Gasteiger partial charge in [-0.05, 0) is 61.1 Å². The molecular weight excluding hydrogens is 711 g/mol. The number of nitrogens with zero attached hydrogens (tertiary/aromatic N) is 3. The maximum Gasteiger partial charge on any atom is 0.228 e. The van der Waals surface area contributed by atoms with Crippen molar-refractivity contribution in [2.24, 2.45) is 22.2 Å². The van der Waals surface area contributed by atoms with E-state index < -0.39 is 12.2 Å². The molecule has 8 heteroatoms. The van der Waals surface area contributed by atoms with Crippen LogP contribution in [-0.4, -0.2) is 74.5 Å². The molecule has 3 aromatic rings. The summed E-state index contributed by atoms with van der Waals surface area (Å²) in [5, 5.41) is 20.4. The van der Waals surface area contributed by atoms with Gasteiger partial charge in [-0.2, -0.15) is 0 Å². The van der Waals surface area contributed by atoms with E-state index in [0.29, 0.717) is 37.8 Å². The van der Waals surface area contributed by atoms with Gasteiger partial charge in [0.25, 0.3) is 0 Å². The Morgan fingerprint density at radius 3 is 1.05 bits per heavy atom. The molecule has 312 valence electrons. The van der Waals surface area contributed by atoms with Crippen molar-refractivity contribution in [3.63, 3.8) is 0 Å². The lowest BCUT2D eigenvalue weighted by atomic mass is 9.87. The van der Waals surface area contributed by atoms with Crippen LogP contribution in [0.1, 0.15) is 143 Å². The topological polar surface area (TPSA) is 101 Å². The van der Waals surface area contributed by atoms with Crippen LogP contribution in [0.5, 0.6) is 0 Å². The van der Waals surface area contributed by atoms with E-state index >= 15 is 0 Å². The summed E-state index contributed by atoms with van der Waals surface area (Å²) in [5.74, 6) is 1.12. The first-order chi connectivity index (χ1) is 26.9. The van der Waals surface area contributed by atoms with E-state index in [1.807, 2.05) is 118 Å². The second-order valence-corrected chi connectivity index (χ2v) is 18.3. The Kier molecular flexibility index (Phi) is 15.7. The van der Waals surface area contributed by atoms with Crippen LogP contribution in [0, 0.1) is 22.2 Å². The van der Waals surface area contributed by atoms with E-state index in [1.54, 1.807) is 0 Å². The third-order valence-corrected chi connectivity index (χ3v) is 13.0. The number of aliphatic hydroxyl groups excluding tert-OH is 2. The predicted molar refractivity (Wildman–Crippen MR) is 230 cm³/mol.